The Morgan fingerprint density at radius 3 is 3.07 bits per heavy atom. The van der Waals surface area contributed by atoms with E-state index in [1.165, 1.54) is 6.07 Å². The van der Waals surface area contributed by atoms with E-state index in [1.807, 2.05) is 6.07 Å². The van der Waals surface area contributed by atoms with Crippen LogP contribution in [0, 0.1) is 11.7 Å². The lowest BCUT2D eigenvalue weighted by atomic mass is 9.93. The molecular formula is C11H13ClFNO. The molecule has 2 heterocycles. The summed E-state index contributed by atoms with van der Waals surface area (Å²) in [5, 5.41) is 3.27. The molecule has 2 aliphatic heterocycles. The molecule has 0 saturated carbocycles. The van der Waals surface area contributed by atoms with Gasteiger partial charge in [-0.3, -0.25) is 0 Å². The Morgan fingerprint density at radius 2 is 2.20 bits per heavy atom. The highest BCUT2D eigenvalue weighted by Crippen LogP contribution is 2.34. The molecule has 1 aromatic rings. The summed E-state index contributed by atoms with van der Waals surface area (Å²) in [4.78, 5) is 0. The fourth-order valence-corrected chi connectivity index (χ4v) is 2.33. The summed E-state index contributed by atoms with van der Waals surface area (Å²) in [6.45, 7) is 1.83. The molecule has 2 nitrogen and oxygen atoms in total. The third-order valence-electron chi connectivity index (χ3n) is 3.08. The SMILES string of the molecule is Cl.Fc1cccc2c1O[C@H]1CNC[C@@H]1C2. The average Bonchev–Trinajstić information content (AvgIpc) is 2.62. The van der Waals surface area contributed by atoms with Crippen LogP contribution in [-0.4, -0.2) is 19.2 Å². The largest absolute Gasteiger partial charge is 0.485 e. The summed E-state index contributed by atoms with van der Waals surface area (Å²) in [7, 11) is 0. The lowest BCUT2D eigenvalue weighted by Crippen LogP contribution is -2.32. The van der Waals surface area contributed by atoms with E-state index in [2.05, 4.69) is 5.32 Å². The van der Waals surface area contributed by atoms with Crippen LogP contribution >= 0.6 is 12.4 Å². The molecule has 1 N–H and O–H groups in total. The van der Waals surface area contributed by atoms with Crippen molar-refractivity contribution in [1.29, 1.82) is 0 Å². The van der Waals surface area contributed by atoms with Gasteiger partial charge in [-0.25, -0.2) is 4.39 Å². The van der Waals surface area contributed by atoms with Crippen LogP contribution in [-0.2, 0) is 6.42 Å². The molecule has 0 aromatic heterocycles. The highest BCUT2D eigenvalue weighted by molar-refractivity contribution is 5.85. The van der Waals surface area contributed by atoms with Crippen molar-refractivity contribution in [3.63, 3.8) is 0 Å². The van der Waals surface area contributed by atoms with Gasteiger partial charge in [-0.2, -0.15) is 0 Å². The summed E-state index contributed by atoms with van der Waals surface area (Å²) in [5.41, 5.74) is 1.01. The van der Waals surface area contributed by atoms with E-state index >= 15 is 0 Å². The van der Waals surface area contributed by atoms with Gasteiger partial charge in [-0.15, -0.1) is 12.4 Å². The van der Waals surface area contributed by atoms with Gasteiger partial charge in [0.2, 0.25) is 0 Å². The fraction of sp³-hybridized carbons (Fsp3) is 0.455. The molecule has 15 heavy (non-hydrogen) atoms. The minimum Gasteiger partial charge on any atom is -0.485 e. The van der Waals surface area contributed by atoms with Crippen LogP contribution in [0.25, 0.3) is 0 Å². The second-order valence-electron chi connectivity index (χ2n) is 4.01. The summed E-state index contributed by atoms with van der Waals surface area (Å²) in [5.74, 6) is 0.759. The van der Waals surface area contributed by atoms with Crippen molar-refractivity contribution in [1.82, 2.24) is 5.32 Å². The van der Waals surface area contributed by atoms with Crippen LogP contribution < -0.4 is 10.1 Å². The van der Waals surface area contributed by atoms with Crippen molar-refractivity contribution >= 4 is 12.4 Å². The Morgan fingerprint density at radius 1 is 1.33 bits per heavy atom. The maximum absolute atomic E-state index is 13.4. The van der Waals surface area contributed by atoms with Crippen molar-refractivity contribution in [2.45, 2.75) is 12.5 Å². The molecule has 4 heteroatoms. The Labute approximate surface area is 94.2 Å². The number of para-hydroxylation sites is 1. The minimum atomic E-state index is -0.229. The number of hydrogen-bond donors (Lipinski definition) is 1. The maximum atomic E-state index is 13.4. The van der Waals surface area contributed by atoms with Crippen LogP contribution in [0.4, 0.5) is 4.39 Å². The molecule has 0 spiro atoms. The lowest BCUT2D eigenvalue weighted by Gasteiger charge is -2.28. The van der Waals surface area contributed by atoms with Crippen LogP contribution in [0.3, 0.4) is 0 Å². The van der Waals surface area contributed by atoms with Crippen LogP contribution in [0.1, 0.15) is 5.56 Å². The van der Waals surface area contributed by atoms with E-state index in [9.17, 15) is 4.39 Å². The van der Waals surface area contributed by atoms with E-state index < -0.39 is 0 Å². The summed E-state index contributed by atoms with van der Waals surface area (Å²) >= 11 is 0. The standard InChI is InChI=1S/C11H12FNO.ClH/c12-9-3-1-2-7-4-8-5-13-6-10(8)14-11(7)9;/h1-3,8,10,13H,4-6H2;1H/t8-,10-;/m0./s1. The van der Waals surface area contributed by atoms with E-state index in [0.717, 1.165) is 25.1 Å². The molecule has 1 saturated heterocycles. The fourth-order valence-electron chi connectivity index (χ4n) is 2.33. The van der Waals surface area contributed by atoms with Crippen molar-refractivity contribution in [3.8, 4) is 5.75 Å². The molecule has 1 aromatic carbocycles. The minimum absolute atomic E-state index is 0. The van der Waals surface area contributed by atoms with Crippen molar-refractivity contribution < 1.29 is 9.13 Å². The predicted molar refractivity (Wildman–Crippen MR) is 58.1 cm³/mol. The molecule has 1 fully saturated rings. The first-order valence-electron chi connectivity index (χ1n) is 4.99. The molecule has 82 valence electrons. The predicted octanol–water partition coefficient (Wildman–Crippen LogP) is 1.77. The van der Waals surface area contributed by atoms with Gasteiger partial charge in [-0.1, -0.05) is 12.1 Å². The third kappa shape index (κ3) is 1.70. The summed E-state index contributed by atoms with van der Waals surface area (Å²) in [6, 6.07) is 5.16. The molecule has 0 bridgehead atoms. The molecule has 3 rings (SSSR count). The van der Waals surface area contributed by atoms with Crippen molar-refractivity contribution in [2.75, 3.05) is 13.1 Å². The normalized spacial score (nSPS) is 27.3. The number of ether oxygens (including phenoxy) is 1. The van der Waals surface area contributed by atoms with Gasteiger partial charge >= 0.3 is 0 Å². The first kappa shape index (κ1) is 10.7. The zero-order valence-electron chi connectivity index (χ0n) is 8.20. The zero-order chi connectivity index (χ0) is 9.54. The zero-order valence-corrected chi connectivity index (χ0v) is 9.02. The van der Waals surface area contributed by atoms with Crippen LogP contribution in [0.5, 0.6) is 5.75 Å². The molecule has 0 amide bonds. The quantitative estimate of drug-likeness (QED) is 0.732. The van der Waals surface area contributed by atoms with Crippen LogP contribution in [0.2, 0.25) is 0 Å². The molecule has 0 aliphatic carbocycles. The second-order valence-corrected chi connectivity index (χ2v) is 4.01. The van der Waals surface area contributed by atoms with E-state index in [-0.39, 0.29) is 24.3 Å². The monoisotopic (exact) mass is 229 g/mol. The van der Waals surface area contributed by atoms with E-state index in [4.69, 9.17) is 4.74 Å². The number of hydrogen-bond acceptors (Lipinski definition) is 2. The van der Waals surface area contributed by atoms with Crippen LogP contribution in [0.15, 0.2) is 18.2 Å². The highest BCUT2D eigenvalue weighted by Gasteiger charge is 2.34. The third-order valence-corrected chi connectivity index (χ3v) is 3.08. The number of nitrogens with one attached hydrogen (secondary N) is 1. The molecular weight excluding hydrogens is 217 g/mol. The first-order chi connectivity index (χ1) is 6.84. The van der Waals surface area contributed by atoms with E-state index in [1.54, 1.807) is 6.07 Å². The number of halogens is 2. The Balaban J connectivity index is 0.000000853. The molecule has 0 unspecified atom stereocenters. The Bertz CT molecular complexity index is 372. The van der Waals surface area contributed by atoms with Gasteiger partial charge in [0.05, 0.1) is 0 Å². The van der Waals surface area contributed by atoms with Crippen molar-refractivity contribution in [2.24, 2.45) is 5.92 Å². The molecule has 2 atom stereocenters. The lowest BCUT2D eigenvalue weighted by molar-refractivity contribution is 0.145. The Hall–Kier alpha value is -0.800. The summed E-state index contributed by atoms with van der Waals surface area (Å²) in [6.07, 6.45) is 1.10. The molecule has 2 aliphatic rings. The second kappa shape index (κ2) is 3.99. The topological polar surface area (TPSA) is 21.3 Å². The maximum Gasteiger partial charge on any atom is 0.165 e. The first-order valence-corrected chi connectivity index (χ1v) is 4.99. The smallest absolute Gasteiger partial charge is 0.165 e. The van der Waals surface area contributed by atoms with Gasteiger partial charge in [0.15, 0.2) is 11.6 Å². The Kier molecular flexibility index (Phi) is 2.85. The number of benzene rings is 1. The molecule has 0 radical (unpaired) electrons. The van der Waals surface area contributed by atoms with Gasteiger partial charge in [0, 0.05) is 19.0 Å². The van der Waals surface area contributed by atoms with Crippen molar-refractivity contribution in [3.05, 3.63) is 29.6 Å². The van der Waals surface area contributed by atoms with Gasteiger partial charge in [-0.05, 0) is 18.1 Å². The van der Waals surface area contributed by atoms with Gasteiger partial charge in [0.1, 0.15) is 6.10 Å². The number of rotatable bonds is 0. The van der Waals surface area contributed by atoms with Gasteiger partial charge in [0.25, 0.3) is 0 Å². The summed E-state index contributed by atoms with van der Waals surface area (Å²) < 4.78 is 19.0. The van der Waals surface area contributed by atoms with Gasteiger partial charge < -0.3 is 10.1 Å². The average molecular weight is 230 g/mol. The number of fused-ring (bicyclic) bond motifs is 2. The van der Waals surface area contributed by atoms with E-state index in [0.29, 0.717) is 11.7 Å². The highest BCUT2D eigenvalue weighted by atomic mass is 35.5.